The molecule has 29 heavy (non-hydrogen) atoms. The Labute approximate surface area is 174 Å². The van der Waals surface area contributed by atoms with Crippen LogP contribution in [0.25, 0.3) is 10.1 Å². The Hall–Kier alpha value is -2.99. The number of benzene rings is 2. The highest BCUT2D eigenvalue weighted by atomic mass is 32.1. The van der Waals surface area contributed by atoms with E-state index in [1.807, 2.05) is 29.6 Å². The zero-order valence-electron chi connectivity index (χ0n) is 16.4. The maximum atomic E-state index is 12.3. The van der Waals surface area contributed by atoms with Crippen molar-refractivity contribution in [2.45, 2.75) is 32.6 Å². The first kappa shape index (κ1) is 20.7. The molecule has 1 aromatic heterocycles. The Morgan fingerprint density at radius 2 is 1.90 bits per heavy atom. The summed E-state index contributed by atoms with van der Waals surface area (Å²) in [6.45, 7) is 2.78. The molecule has 0 radical (unpaired) electrons. The lowest BCUT2D eigenvalue weighted by Crippen LogP contribution is -2.18. The van der Waals surface area contributed by atoms with E-state index in [0.717, 1.165) is 29.5 Å². The van der Waals surface area contributed by atoms with Crippen LogP contribution in [-0.2, 0) is 4.79 Å². The molecular weight excluding hydrogens is 384 g/mol. The van der Waals surface area contributed by atoms with Gasteiger partial charge in [0.05, 0.1) is 12.8 Å². The molecule has 5 nitrogen and oxygen atoms in total. The number of Topliss-reactive ketones (excluding diaryl/α,β-unsaturated/α-hetero) is 1. The first-order valence-electron chi connectivity index (χ1n) is 9.71. The highest BCUT2D eigenvalue weighted by molar-refractivity contribution is 7.17. The van der Waals surface area contributed by atoms with Gasteiger partial charge in [0.1, 0.15) is 5.75 Å². The van der Waals surface area contributed by atoms with Gasteiger partial charge in [0.15, 0.2) is 5.78 Å². The van der Waals surface area contributed by atoms with Gasteiger partial charge < -0.3 is 4.74 Å². The number of hydrazone groups is 1. The Kier molecular flexibility index (Phi) is 7.53. The average Bonchev–Trinajstić information content (AvgIpc) is 3.16. The van der Waals surface area contributed by atoms with E-state index in [0.29, 0.717) is 12.2 Å². The average molecular weight is 409 g/mol. The standard InChI is InChI=1S/C23H24N2O3S/c1-2-3-14-28-19-10-8-17(9-11-19)21(26)12-13-23(27)25-24-15-18-16-29-22-7-5-4-6-20(18)22/h4-11,15-16H,2-3,12-14H2,1H3,(H,25,27)/b24-15+. The molecule has 1 N–H and O–H groups in total. The summed E-state index contributed by atoms with van der Waals surface area (Å²) in [5.74, 6) is 0.393. The molecule has 0 aliphatic rings. The second-order valence-electron chi connectivity index (χ2n) is 6.63. The third-order valence-electron chi connectivity index (χ3n) is 4.43. The Morgan fingerprint density at radius 1 is 1.10 bits per heavy atom. The van der Waals surface area contributed by atoms with Crippen LogP contribution >= 0.6 is 11.3 Å². The largest absolute Gasteiger partial charge is 0.494 e. The van der Waals surface area contributed by atoms with Crippen molar-refractivity contribution in [2.24, 2.45) is 5.10 Å². The van der Waals surface area contributed by atoms with E-state index in [1.54, 1.807) is 41.8 Å². The molecule has 150 valence electrons. The maximum Gasteiger partial charge on any atom is 0.240 e. The first-order valence-corrected chi connectivity index (χ1v) is 10.6. The number of thiophene rings is 1. The Morgan fingerprint density at radius 3 is 2.69 bits per heavy atom. The van der Waals surface area contributed by atoms with Gasteiger partial charge in [-0.1, -0.05) is 31.5 Å². The molecule has 3 rings (SSSR count). The lowest BCUT2D eigenvalue weighted by atomic mass is 10.1. The third-order valence-corrected chi connectivity index (χ3v) is 5.41. The van der Waals surface area contributed by atoms with Crippen LogP contribution in [0.1, 0.15) is 48.5 Å². The van der Waals surface area contributed by atoms with E-state index in [4.69, 9.17) is 4.74 Å². The lowest BCUT2D eigenvalue weighted by molar-refractivity contribution is -0.121. The van der Waals surface area contributed by atoms with Gasteiger partial charge in [-0.2, -0.15) is 5.10 Å². The summed E-state index contributed by atoms with van der Waals surface area (Å²) in [6.07, 6.45) is 3.94. The number of ether oxygens (including phenoxy) is 1. The van der Waals surface area contributed by atoms with E-state index in [2.05, 4.69) is 17.5 Å². The first-order chi connectivity index (χ1) is 14.2. The highest BCUT2D eigenvalue weighted by Crippen LogP contribution is 2.24. The van der Waals surface area contributed by atoms with Crippen LogP contribution in [-0.4, -0.2) is 24.5 Å². The fourth-order valence-corrected chi connectivity index (χ4v) is 3.68. The number of hydrogen-bond donors (Lipinski definition) is 1. The second-order valence-corrected chi connectivity index (χ2v) is 7.54. The smallest absolute Gasteiger partial charge is 0.240 e. The summed E-state index contributed by atoms with van der Waals surface area (Å²) in [5, 5.41) is 7.12. The number of ketones is 1. The molecule has 0 aliphatic heterocycles. The predicted molar refractivity (Wildman–Crippen MR) is 118 cm³/mol. The minimum atomic E-state index is -0.284. The van der Waals surface area contributed by atoms with Crippen molar-refractivity contribution >= 4 is 39.3 Å². The van der Waals surface area contributed by atoms with Gasteiger partial charge in [-0.15, -0.1) is 11.3 Å². The lowest BCUT2D eigenvalue weighted by Gasteiger charge is -2.06. The Balaban J connectivity index is 1.44. The molecular formula is C23H24N2O3S. The number of hydrogen-bond acceptors (Lipinski definition) is 5. The summed E-state index contributed by atoms with van der Waals surface area (Å²) < 4.78 is 6.76. The third kappa shape index (κ3) is 5.99. The molecule has 1 amide bonds. The summed E-state index contributed by atoms with van der Waals surface area (Å²) in [6, 6.07) is 15.1. The van der Waals surface area contributed by atoms with Gasteiger partial charge in [-0.05, 0) is 36.8 Å². The molecule has 0 bridgehead atoms. The minimum absolute atomic E-state index is 0.0759. The van der Waals surface area contributed by atoms with Crippen molar-refractivity contribution in [2.75, 3.05) is 6.61 Å². The van der Waals surface area contributed by atoms with E-state index >= 15 is 0 Å². The molecule has 6 heteroatoms. The van der Waals surface area contributed by atoms with Gasteiger partial charge >= 0.3 is 0 Å². The minimum Gasteiger partial charge on any atom is -0.494 e. The molecule has 0 unspecified atom stereocenters. The van der Waals surface area contributed by atoms with Gasteiger partial charge in [-0.3, -0.25) is 9.59 Å². The second kappa shape index (κ2) is 10.5. The van der Waals surface area contributed by atoms with E-state index < -0.39 is 0 Å². The van der Waals surface area contributed by atoms with Crippen molar-refractivity contribution < 1.29 is 14.3 Å². The van der Waals surface area contributed by atoms with Crippen LogP contribution in [0.2, 0.25) is 0 Å². The molecule has 2 aromatic carbocycles. The van der Waals surface area contributed by atoms with Gasteiger partial charge in [0.2, 0.25) is 5.91 Å². The van der Waals surface area contributed by atoms with Crippen LogP contribution in [0.5, 0.6) is 5.75 Å². The molecule has 0 aliphatic carbocycles. The SMILES string of the molecule is CCCCOc1ccc(C(=O)CCC(=O)N/N=C/c2csc3ccccc23)cc1. The van der Waals surface area contributed by atoms with Crippen molar-refractivity contribution in [1.29, 1.82) is 0 Å². The summed E-state index contributed by atoms with van der Waals surface area (Å²) in [5.41, 5.74) is 4.03. The quantitative estimate of drug-likeness (QED) is 0.217. The molecule has 0 spiro atoms. The van der Waals surface area contributed by atoms with Crippen molar-refractivity contribution in [3.63, 3.8) is 0 Å². The molecule has 1 heterocycles. The zero-order chi connectivity index (χ0) is 20.5. The van der Waals surface area contributed by atoms with Crippen molar-refractivity contribution in [3.8, 4) is 5.75 Å². The topological polar surface area (TPSA) is 67.8 Å². The number of carbonyl (C=O) groups excluding carboxylic acids is 2. The van der Waals surface area contributed by atoms with Crippen LogP contribution in [0.4, 0.5) is 0 Å². The molecule has 3 aromatic rings. The van der Waals surface area contributed by atoms with Crippen LogP contribution in [0.3, 0.4) is 0 Å². The van der Waals surface area contributed by atoms with Crippen LogP contribution in [0, 0.1) is 0 Å². The molecule has 0 atom stereocenters. The zero-order valence-corrected chi connectivity index (χ0v) is 17.2. The number of amides is 1. The predicted octanol–water partition coefficient (Wildman–Crippen LogP) is 5.19. The maximum absolute atomic E-state index is 12.3. The number of carbonyl (C=O) groups is 2. The van der Waals surface area contributed by atoms with Gasteiger partial charge in [0.25, 0.3) is 0 Å². The van der Waals surface area contributed by atoms with Crippen LogP contribution in [0.15, 0.2) is 59.0 Å². The molecule has 0 saturated heterocycles. The number of nitrogens with one attached hydrogen (secondary N) is 1. The monoisotopic (exact) mass is 408 g/mol. The number of rotatable bonds is 10. The van der Waals surface area contributed by atoms with Crippen molar-refractivity contribution in [1.82, 2.24) is 5.43 Å². The number of unbranched alkanes of at least 4 members (excludes halogenated alkanes) is 1. The van der Waals surface area contributed by atoms with E-state index in [9.17, 15) is 9.59 Å². The number of fused-ring (bicyclic) bond motifs is 1. The highest BCUT2D eigenvalue weighted by Gasteiger charge is 2.09. The fraction of sp³-hybridized carbons (Fsp3) is 0.261. The normalized spacial score (nSPS) is 11.1. The summed E-state index contributed by atoms with van der Waals surface area (Å²) in [4.78, 5) is 24.2. The fourth-order valence-electron chi connectivity index (χ4n) is 2.77. The number of nitrogens with zero attached hydrogens (tertiary/aromatic N) is 1. The van der Waals surface area contributed by atoms with Gasteiger partial charge in [0, 0.05) is 39.4 Å². The molecule has 0 fully saturated rings. The Bertz CT molecular complexity index is 993. The summed E-state index contributed by atoms with van der Waals surface area (Å²) >= 11 is 1.63. The van der Waals surface area contributed by atoms with Crippen LogP contribution < -0.4 is 10.2 Å². The molecule has 0 saturated carbocycles. The van der Waals surface area contributed by atoms with Gasteiger partial charge in [-0.25, -0.2) is 5.43 Å². The van der Waals surface area contributed by atoms with E-state index in [-0.39, 0.29) is 24.5 Å². The van der Waals surface area contributed by atoms with E-state index in [1.165, 1.54) is 4.70 Å². The van der Waals surface area contributed by atoms with Crippen molar-refractivity contribution in [3.05, 3.63) is 65.0 Å². The summed E-state index contributed by atoms with van der Waals surface area (Å²) in [7, 11) is 0.